The number of nitrogens with zero attached hydrogens (tertiary/aromatic N) is 2. The van der Waals surface area contributed by atoms with Crippen LogP contribution in [0.1, 0.15) is 45.6 Å². The second kappa shape index (κ2) is 10.00. The van der Waals surface area contributed by atoms with Crippen LogP contribution in [-0.4, -0.2) is 40.1 Å². The number of carbonyl (C=O) groups excluding carboxylic acids is 1. The van der Waals surface area contributed by atoms with E-state index in [0.29, 0.717) is 11.3 Å². The molecule has 0 fully saturated rings. The van der Waals surface area contributed by atoms with Crippen LogP contribution >= 0.6 is 0 Å². The fourth-order valence-electron chi connectivity index (χ4n) is 3.75. The molecule has 3 N–H and O–H groups in total. The summed E-state index contributed by atoms with van der Waals surface area (Å²) in [6, 6.07) is 17.1. The predicted molar refractivity (Wildman–Crippen MR) is 122 cm³/mol. The van der Waals surface area contributed by atoms with Crippen molar-refractivity contribution in [2.24, 2.45) is 5.16 Å². The van der Waals surface area contributed by atoms with Gasteiger partial charge in [-0.3, -0.25) is 9.78 Å². The molecule has 0 aliphatic rings. The number of pyridine rings is 1. The average molecular weight is 418 g/mol. The first-order valence-electron chi connectivity index (χ1n) is 10.2. The summed E-state index contributed by atoms with van der Waals surface area (Å²) in [7, 11) is 0. The van der Waals surface area contributed by atoms with Crippen LogP contribution in [0.3, 0.4) is 0 Å². The Morgan fingerprint density at radius 1 is 1.10 bits per heavy atom. The molecule has 31 heavy (non-hydrogen) atoms. The molecule has 3 aromatic rings. The molecule has 1 amide bonds. The van der Waals surface area contributed by atoms with E-state index in [1.165, 1.54) is 0 Å². The number of aliphatic hydroxyl groups is 1. The van der Waals surface area contributed by atoms with Crippen LogP contribution in [0, 0.1) is 13.8 Å². The largest absolute Gasteiger partial charge is 0.411 e. The minimum Gasteiger partial charge on any atom is -0.411 e. The number of oxime groups is 1. The van der Waals surface area contributed by atoms with Crippen molar-refractivity contribution < 1.29 is 15.1 Å². The maximum atomic E-state index is 12.0. The molecule has 6 nitrogen and oxygen atoms in total. The van der Waals surface area contributed by atoms with Gasteiger partial charge >= 0.3 is 0 Å². The zero-order chi connectivity index (χ0) is 22.4. The van der Waals surface area contributed by atoms with E-state index >= 15 is 0 Å². The molecule has 1 atom stereocenters. The van der Waals surface area contributed by atoms with E-state index in [1.54, 1.807) is 30.5 Å². The summed E-state index contributed by atoms with van der Waals surface area (Å²) in [6.45, 7) is 6.13. The highest BCUT2D eigenvalue weighted by atomic mass is 16.4. The normalized spacial score (nSPS) is 12.5. The van der Waals surface area contributed by atoms with Gasteiger partial charge in [0.25, 0.3) is 5.91 Å². The number of aryl methyl sites for hydroxylation is 1. The van der Waals surface area contributed by atoms with Gasteiger partial charge in [-0.2, -0.15) is 0 Å². The van der Waals surface area contributed by atoms with Gasteiger partial charge < -0.3 is 15.6 Å². The zero-order valence-corrected chi connectivity index (χ0v) is 18.0. The third-order valence-electron chi connectivity index (χ3n) is 5.41. The molecule has 3 rings (SSSR count). The molecule has 0 saturated heterocycles. The quantitative estimate of drug-likeness (QED) is 0.307. The van der Waals surface area contributed by atoms with E-state index < -0.39 is 0 Å². The topological polar surface area (TPSA) is 94.8 Å². The van der Waals surface area contributed by atoms with Gasteiger partial charge in [0.1, 0.15) is 0 Å². The lowest BCUT2D eigenvalue weighted by atomic mass is 9.85. The van der Waals surface area contributed by atoms with Crippen LogP contribution in [0.4, 0.5) is 0 Å². The fraction of sp³-hybridized carbons (Fsp3) is 0.240. The fourth-order valence-corrected chi connectivity index (χ4v) is 3.75. The number of hydrogen-bond donors (Lipinski definition) is 3. The van der Waals surface area contributed by atoms with Gasteiger partial charge in [0.15, 0.2) is 0 Å². The van der Waals surface area contributed by atoms with Gasteiger partial charge in [0.2, 0.25) is 0 Å². The van der Waals surface area contributed by atoms with E-state index in [9.17, 15) is 10.0 Å². The maximum absolute atomic E-state index is 12.0. The molecule has 0 radical (unpaired) electrons. The third-order valence-corrected chi connectivity index (χ3v) is 5.41. The Morgan fingerprint density at radius 3 is 2.45 bits per heavy atom. The van der Waals surface area contributed by atoms with E-state index in [4.69, 9.17) is 5.11 Å². The molecule has 6 heteroatoms. The predicted octanol–water partition coefficient (Wildman–Crippen LogP) is 4.07. The second-order valence-corrected chi connectivity index (χ2v) is 7.47. The lowest BCUT2D eigenvalue weighted by Gasteiger charge is -2.19. The average Bonchev–Trinajstić information content (AvgIpc) is 2.78. The Morgan fingerprint density at radius 2 is 1.81 bits per heavy atom. The maximum Gasteiger partial charge on any atom is 0.251 e. The van der Waals surface area contributed by atoms with Crippen LogP contribution in [0.2, 0.25) is 0 Å². The molecule has 0 aliphatic heterocycles. The second-order valence-electron chi connectivity index (χ2n) is 7.47. The molecule has 0 saturated carbocycles. The molecular formula is C25H27N3O3. The van der Waals surface area contributed by atoms with Gasteiger partial charge in [-0.1, -0.05) is 42.4 Å². The number of rotatable bonds is 7. The van der Waals surface area contributed by atoms with Crippen molar-refractivity contribution in [2.75, 3.05) is 13.2 Å². The van der Waals surface area contributed by atoms with E-state index in [-0.39, 0.29) is 25.0 Å². The highest BCUT2D eigenvalue weighted by Gasteiger charge is 2.20. The summed E-state index contributed by atoms with van der Waals surface area (Å²) in [6.07, 6.45) is 1.80. The van der Waals surface area contributed by atoms with E-state index in [2.05, 4.69) is 34.5 Å². The molecule has 160 valence electrons. The Kier molecular flexibility index (Phi) is 7.15. The Balaban J connectivity index is 1.90. The van der Waals surface area contributed by atoms with Crippen molar-refractivity contribution in [3.05, 3.63) is 88.7 Å². The first-order chi connectivity index (χ1) is 15.0. The first kappa shape index (κ1) is 22.2. The molecule has 1 aromatic heterocycles. The van der Waals surface area contributed by atoms with Crippen molar-refractivity contribution in [3.63, 3.8) is 0 Å². The van der Waals surface area contributed by atoms with Crippen LogP contribution in [0.15, 0.2) is 65.9 Å². The summed E-state index contributed by atoms with van der Waals surface area (Å²) in [5, 5.41) is 24.8. The molecule has 0 spiro atoms. The summed E-state index contributed by atoms with van der Waals surface area (Å²) in [5.41, 5.74) is 7.07. The Bertz CT molecular complexity index is 1090. The standard InChI is InChI=1S/C25H27N3O3/c1-16-15-21(11-12-26-16)23-6-4-5-22(17(23)2)18(3)24(28-31)19-7-9-20(10-8-19)25(30)27-13-14-29/h4-12,15,18,29,31H,13-14H2,1-3H3,(H,27,30)/b28-24+/t18-/m1/s1. The minimum absolute atomic E-state index is 0.111. The van der Waals surface area contributed by atoms with Gasteiger partial charge in [0.05, 0.1) is 12.3 Å². The summed E-state index contributed by atoms with van der Waals surface area (Å²) in [4.78, 5) is 16.3. The lowest BCUT2D eigenvalue weighted by molar-refractivity contribution is 0.0945. The Labute approximate surface area is 182 Å². The van der Waals surface area contributed by atoms with Crippen LogP contribution in [-0.2, 0) is 0 Å². The van der Waals surface area contributed by atoms with Crippen molar-refractivity contribution in [1.29, 1.82) is 0 Å². The number of aliphatic hydroxyl groups excluding tert-OH is 1. The van der Waals surface area contributed by atoms with Gasteiger partial charge in [0, 0.05) is 29.9 Å². The Hall–Kier alpha value is -3.51. The van der Waals surface area contributed by atoms with E-state index in [0.717, 1.165) is 33.5 Å². The summed E-state index contributed by atoms with van der Waals surface area (Å²) >= 11 is 0. The lowest BCUT2D eigenvalue weighted by Crippen LogP contribution is -2.26. The highest BCUT2D eigenvalue weighted by Crippen LogP contribution is 2.31. The van der Waals surface area contributed by atoms with Crippen molar-refractivity contribution in [2.45, 2.75) is 26.7 Å². The number of nitrogens with one attached hydrogen (secondary N) is 1. The highest BCUT2D eigenvalue weighted by molar-refractivity contribution is 6.05. The molecule has 0 aliphatic carbocycles. The van der Waals surface area contributed by atoms with Crippen molar-refractivity contribution >= 4 is 11.6 Å². The van der Waals surface area contributed by atoms with Gasteiger partial charge in [-0.15, -0.1) is 0 Å². The molecule has 0 unspecified atom stereocenters. The van der Waals surface area contributed by atoms with Crippen LogP contribution < -0.4 is 5.32 Å². The number of amides is 1. The molecule has 2 aromatic carbocycles. The molecule has 1 heterocycles. The molecule has 0 bridgehead atoms. The zero-order valence-electron chi connectivity index (χ0n) is 18.0. The number of carbonyl (C=O) groups is 1. The van der Waals surface area contributed by atoms with Crippen molar-refractivity contribution in [3.8, 4) is 11.1 Å². The van der Waals surface area contributed by atoms with Gasteiger partial charge in [-0.25, -0.2) is 0 Å². The number of aromatic nitrogens is 1. The smallest absolute Gasteiger partial charge is 0.251 e. The van der Waals surface area contributed by atoms with E-state index in [1.807, 2.05) is 32.0 Å². The summed E-state index contributed by atoms with van der Waals surface area (Å²) < 4.78 is 0. The SMILES string of the molecule is Cc1cc(-c2cccc([C@@H](C)/C(=N\O)c3ccc(C(=O)NCCO)cc3)c2C)ccn1. The molecular weight excluding hydrogens is 390 g/mol. The van der Waals surface area contributed by atoms with Crippen molar-refractivity contribution in [1.82, 2.24) is 10.3 Å². The minimum atomic E-state index is -0.257. The van der Waals surface area contributed by atoms with Crippen LogP contribution in [0.25, 0.3) is 11.1 Å². The summed E-state index contributed by atoms with van der Waals surface area (Å²) in [5.74, 6) is -0.422. The first-order valence-corrected chi connectivity index (χ1v) is 10.2. The third kappa shape index (κ3) is 4.98. The number of hydrogen-bond acceptors (Lipinski definition) is 5. The monoisotopic (exact) mass is 417 g/mol. The number of benzene rings is 2. The van der Waals surface area contributed by atoms with Gasteiger partial charge in [-0.05, 0) is 65.9 Å². The van der Waals surface area contributed by atoms with Crippen LogP contribution in [0.5, 0.6) is 0 Å².